The second-order valence-electron chi connectivity index (χ2n) is 8.22. The quantitative estimate of drug-likeness (QED) is 0.451. The van der Waals surface area contributed by atoms with E-state index >= 15 is 0 Å². The third-order valence-electron chi connectivity index (χ3n) is 6.13. The largest absolute Gasteiger partial charge is 0.417 e. The maximum absolute atomic E-state index is 13.7. The second-order valence-corrected chi connectivity index (χ2v) is 8.22. The zero-order chi connectivity index (χ0) is 23.2. The molecule has 2 heterocycles. The molecule has 0 saturated carbocycles. The molecule has 1 aliphatic carbocycles. The first-order valence-corrected chi connectivity index (χ1v) is 10.7. The lowest BCUT2D eigenvalue weighted by molar-refractivity contribution is -0.137. The summed E-state index contributed by atoms with van der Waals surface area (Å²) in [5.41, 5.74) is 2.08. The predicted molar refractivity (Wildman–Crippen MR) is 119 cm³/mol. The molecule has 1 amide bonds. The number of rotatable bonds is 3. The van der Waals surface area contributed by atoms with Crippen LogP contribution in [0.3, 0.4) is 0 Å². The molecule has 5 nitrogen and oxygen atoms in total. The monoisotopic (exact) mass is 450 g/mol. The number of nitrogens with one attached hydrogen (secondary N) is 1. The number of carbonyl (C=O) groups is 1. The highest BCUT2D eigenvalue weighted by molar-refractivity contribution is 6.06. The molecule has 1 unspecified atom stereocenters. The van der Waals surface area contributed by atoms with E-state index < -0.39 is 11.7 Å². The standard InChI is InChI=1S/C25H21F3N4O/c1-32-23-19(14-29-32)18(13-22(30-23)17-10-4-5-11-20(17)25(26,27)28)24(33)31-21-12-6-8-15-7-2-3-9-16(15)21/h2-5,7,9-11,13-14,21H,6,8,12H2,1H3,(H,31,33). The van der Waals surface area contributed by atoms with Crippen molar-refractivity contribution in [3.05, 3.63) is 83.0 Å². The van der Waals surface area contributed by atoms with Crippen molar-refractivity contribution in [2.45, 2.75) is 31.5 Å². The van der Waals surface area contributed by atoms with Crippen LogP contribution in [0, 0.1) is 0 Å². The highest BCUT2D eigenvalue weighted by Gasteiger charge is 2.34. The zero-order valence-electron chi connectivity index (χ0n) is 17.9. The summed E-state index contributed by atoms with van der Waals surface area (Å²) in [6.07, 6.45) is -0.318. The summed E-state index contributed by atoms with van der Waals surface area (Å²) >= 11 is 0. The number of amides is 1. The molecule has 0 spiro atoms. The molecular formula is C25H21F3N4O. The van der Waals surface area contributed by atoms with Crippen LogP contribution in [-0.2, 0) is 19.6 Å². The number of aryl methyl sites for hydroxylation is 2. The summed E-state index contributed by atoms with van der Waals surface area (Å²) in [5.74, 6) is -0.358. The molecule has 1 atom stereocenters. The molecule has 0 radical (unpaired) electrons. The van der Waals surface area contributed by atoms with E-state index in [0.29, 0.717) is 11.0 Å². The number of aromatic nitrogens is 3. The maximum atomic E-state index is 13.7. The van der Waals surface area contributed by atoms with Gasteiger partial charge in [-0.2, -0.15) is 18.3 Å². The first kappa shape index (κ1) is 21.2. The van der Waals surface area contributed by atoms with Gasteiger partial charge in [-0.25, -0.2) is 4.98 Å². The van der Waals surface area contributed by atoms with Gasteiger partial charge in [0.25, 0.3) is 5.91 Å². The first-order chi connectivity index (χ1) is 15.8. The van der Waals surface area contributed by atoms with E-state index in [2.05, 4.69) is 21.5 Å². The van der Waals surface area contributed by atoms with Crippen LogP contribution in [0.5, 0.6) is 0 Å². The lowest BCUT2D eigenvalue weighted by atomic mass is 9.87. The summed E-state index contributed by atoms with van der Waals surface area (Å²) in [7, 11) is 1.65. The fraction of sp³-hybridized carbons (Fsp3) is 0.240. The Kier molecular flexibility index (Phi) is 5.15. The maximum Gasteiger partial charge on any atom is 0.417 e. The van der Waals surface area contributed by atoms with Gasteiger partial charge in [0.1, 0.15) is 0 Å². The number of pyridine rings is 1. The molecule has 2 aromatic carbocycles. The second kappa shape index (κ2) is 8.03. The third kappa shape index (κ3) is 3.86. The fourth-order valence-corrected chi connectivity index (χ4v) is 4.53. The van der Waals surface area contributed by atoms with E-state index in [9.17, 15) is 18.0 Å². The summed E-state index contributed by atoms with van der Waals surface area (Å²) in [5, 5.41) is 7.76. The number of halogens is 3. The van der Waals surface area contributed by atoms with Gasteiger partial charge in [-0.3, -0.25) is 9.48 Å². The Balaban J connectivity index is 1.60. The molecule has 0 aliphatic heterocycles. The molecule has 8 heteroatoms. The SMILES string of the molecule is Cn1ncc2c(C(=O)NC3CCCc4ccccc43)cc(-c3ccccc3C(F)(F)F)nc21. The summed E-state index contributed by atoms with van der Waals surface area (Å²) in [6, 6.07) is 14.5. The van der Waals surface area contributed by atoms with E-state index in [1.165, 1.54) is 40.7 Å². The number of hydrogen-bond acceptors (Lipinski definition) is 3. The van der Waals surface area contributed by atoms with E-state index in [1.54, 1.807) is 7.05 Å². The molecule has 1 N–H and O–H groups in total. The summed E-state index contributed by atoms with van der Waals surface area (Å²) in [6.45, 7) is 0. The molecule has 0 saturated heterocycles. The average molecular weight is 450 g/mol. The smallest absolute Gasteiger partial charge is 0.345 e. The molecule has 5 rings (SSSR count). The molecule has 4 aromatic rings. The van der Waals surface area contributed by atoms with Crippen LogP contribution in [0.2, 0.25) is 0 Å². The van der Waals surface area contributed by atoms with Crippen molar-refractivity contribution in [3.8, 4) is 11.3 Å². The predicted octanol–water partition coefficient (Wildman–Crippen LogP) is 5.46. The van der Waals surface area contributed by atoms with Gasteiger partial charge < -0.3 is 5.32 Å². The van der Waals surface area contributed by atoms with Crippen LogP contribution in [-0.4, -0.2) is 20.7 Å². The molecule has 2 aromatic heterocycles. The van der Waals surface area contributed by atoms with Crippen molar-refractivity contribution in [1.29, 1.82) is 0 Å². The Hall–Kier alpha value is -3.68. The first-order valence-electron chi connectivity index (χ1n) is 10.7. The van der Waals surface area contributed by atoms with Crippen molar-refractivity contribution in [1.82, 2.24) is 20.1 Å². The lowest BCUT2D eigenvalue weighted by Gasteiger charge is -2.26. The highest BCUT2D eigenvalue weighted by atomic mass is 19.4. The molecule has 1 aliphatic rings. The molecule has 0 bridgehead atoms. The average Bonchev–Trinajstić information content (AvgIpc) is 3.19. The van der Waals surface area contributed by atoms with Crippen molar-refractivity contribution >= 4 is 16.9 Å². The Morgan fingerprint density at radius 2 is 1.88 bits per heavy atom. The number of carbonyl (C=O) groups excluding carboxylic acids is 1. The fourth-order valence-electron chi connectivity index (χ4n) is 4.53. The van der Waals surface area contributed by atoms with E-state index in [-0.39, 0.29) is 28.8 Å². The minimum absolute atomic E-state index is 0.0771. The zero-order valence-corrected chi connectivity index (χ0v) is 17.9. The Labute approximate surface area is 188 Å². The van der Waals surface area contributed by atoms with Gasteiger partial charge in [0.2, 0.25) is 0 Å². The normalized spacial score (nSPS) is 15.9. The van der Waals surface area contributed by atoms with Gasteiger partial charge in [-0.05, 0) is 42.5 Å². The van der Waals surface area contributed by atoms with E-state index in [1.807, 2.05) is 18.2 Å². The number of fused-ring (bicyclic) bond motifs is 2. The Morgan fingerprint density at radius 1 is 1.12 bits per heavy atom. The number of nitrogens with zero attached hydrogens (tertiary/aromatic N) is 3. The van der Waals surface area contributed by atoms with Crippen molar-refractivity contribution in [3.63, 3.8) is 0 Å². The van der Waals surface area contributed by atoms with Crippen molar-refractivity contribution < 1.29 is 18.0 Å². The van der Waals surface area contributed by atoms with Gasteiger partial charge in [-0.1, -0.05) is 42.5 Å². The van der Waals surface area contributed by atoms with Gasteiger partial charge in [0.05, 0.1) is 34.4 Å². The number of benzene rings is 2. The lowest BCUT2D eigenvalue weighted by Crippen LogP contribution is -2.31. The van der Waals surface area contributed by atoms with Gasteiger partial charge in [-0.15, -0.1) is 0 Å². The van der Waals surface area contributed by atoms with Crippen LogP contribution in [0.25, 0.3) is 22.3 Å². The van der Waals surface area contributed by atoms with Crippen molar-refractivity contribution in [2.75, 3.05) is 0 Å². The number of hydrogen-bond donors (Lipinski definition) is 1. The van der Waals surface area contributed by atoms with Crippen LogP contribution in [0.15, 0.2) is 60.8 Å². The van der Waals surface area contributed by atoms with E-state index in [4.69, 9.17) is 0 Å². The highest BCUT2D eigenvalue weighted by Crippen LogP contribution is 2.37. The van der Waals surface area contributed by atoms with Crippen LogP contribution in [0.4, 0.5) is 13.2 Å². The Morgan fingerprint density at radius 3 is 2.70 bits per heavy atom. The molecule has 0 fully saturated rings. The minimum atomic E-state index is -4.55. The topological polar surface area (TPSA) is 59.8 Å². The van der Waals surface area contributed by atoms with Crippen LogP contribution >= 0.6 is 0 Å². The minimum Gasteiger partial charge on any atom is -0.345 e. The number of alkyl halides is 3. The molecule has 33 heavy (non-hydrogen) atoms. The van der Waals surface area contributed by atoms with Crippen molar-refractivity contribution in [2.24, 2.45) is 7.05 Å². The molecule has 168 valence electrons. The van der Waals surface area contributed by atoms with E-state index in [0.717, 1.165) is 30.9 Å². The van der Waals surface area contributed by atoms with Gasteiger partial charge in [0.15, 0.2) is 5.65 Å². The van der Waals surface area contributed by atoms with Crippen LogP contribution < -0.4 is 5.32 Å². The molecular weight excluding hydrogens is 429 g/mol. The van der Waals surface area contributed by atoms with Gasteiger partial charge >= 0.3 is 6.18 Å². The summed E-state index contributed by atoms with van der Waals surface area (Å²) in [4.78, 5) is 17.8. The third-order valence-corrected chi connectivity index (χ3v) is 6.13. The van der Waals surface area contributed by atoms with Crippen LogP contribution in [0.1, 0.15) is 45.9 Å². The Bertz CT molecular complexity index is 1360. The summed E-state index contributed by atoms with van der Waals surface area (Å²) < 4.78 is 42.4. The van der Waals surface area contributed by atoms with Gasteiger partial charge in [0, 0.05) is 12.6 Å².